The van der Waals surface area contributed by atoms with E-state index in [1.54, 1.807) is 0 Å². The smallest absolute Gasteiger partial charge is 0.00767 e. The van der Waals surface area contributed by atoms with Crippen LogP contribution in [0.2, 0.25) is 0 Å². The van der Waals surface area contributed by atoms with Gasteiger partial charge in [0.15, 0.2) is 0 Å². The highest BCUT2D eigenvalue weighted by Gasteiger charge is 2.08. The van der Waals surface area contributed by atoms with E-state index in [4.69, 9.17) is 0 Å². The van der Waals surface area contributed by atoms with Gasteiger partial charge in [-0.3, -0.25) is 0 Å². The minimum absolute atomic E-state index is 0.479. The molecule has 0 heterocycles. The maximum atomic E-state index is 3.47. The van der Waals surface area contributed by atoms with E-state index < -0.39 is 0 Å². The van der Waals surface area contributed by atoms with Gasteiger partial charge in [-0.15, -0.1) is 0 Å². The summed E-state index contributed by atoms with van der Waals surface area (Å²) >= 11 is 0. The molecule has 3 heteroatoms. The van der Waals surface area contributed by atoms with Gasteiger partial charge >= 0.3 is 0 Å². The molecule has 0 radical (unpaired) electrons. The molecule has 0 amide bonds. The fourth-order valence-electron chi connectivity index (χ4n) is 1.56. The van der Waals surface area contributed by atoms with Crippen molar-refractivity contribution in [2.45, 2.75) is 40.0 Å². The Bertz CT molecular complexity index is 141. The molecular weight excluding hydrogens is 198 g/mol. The molecule has 0 unspecified atom stereocenters. The highest BCUT2D eigenvalue weighted by molar-refractivity contribution is 4.62. The van der Waals surface area contributed by atoms with Gasteiger partial charge < -0.3 is 16.0 Å². The van der Waals surface area contributed by atoms with Crippen molar-refractivity contribution in [1.29, 1.82) is 0 Å². The number of hydrogen-bond acceptors (Lipinski definition) is 3. The Labute approximate surface area is 102 Å². The van der Waals surface area contributed by atoms with Crippen LogP contribution in [0.3, 0.4) is 0 Å². The first kappa shape index (κ1) is 15.9. The molecule has 98 valence electrons. The van der Waals surface area contributed by atoms with E-state index in [9.17, 15) is 0 Å². The molecule has 0 atom stereocenters. The summed E-state index contributed by atoms with van der Waals surface area (Å²) in [5.41, 5.74) is 0.479. The lowest BCUT2D eigenvalue weighted by molar-refractivity contribution is 0.361. The summed E-state index contributed by atoms with van der Waals surface area (Å²) in [6.07, 6.45) is 3.79. The number of hydrogen-bond donors (Lipinski definition) is 3. The third kappa shape index (κ3) is 13.9. The molecule has 0 bridgehead atoms. The maximum absolute atomic E-state index is 3.47. The van der Waals surface area contributed by atoms with Crippen molar-refractivity contribution >= 4 is 0 Å². The average Bonchev–Trinajstić information content (AvgIpc) is 2.19. The third-order valence-corrected chi connectivity index (χ3v) is 2.54. The first-order chi connectivity index (χ1) is 7.56. The Morgan fingerprint density at radius 3 is 1.81 bits per heavy atom. The topological polar surface area (TPSA) is 36.1 Å². The summed E-state index contributed by atoms with van der Waals surface area (Å²) in [6, 6.07) is 0. The van der Waals surface area contributed by atoms with Gasteiger partial charge in [-0.2, -0.15) is 0 Å². The van der Waals surface area contributed by atoms with Gasteiger partial charge in [-0.1, -0.05) is 20.8 Å². The second-order valence-electron chi connectivity index (χ2n) is 5.62. The van der Waals surface area contributed by atoms with E-state index in [2.05, 4.69) is 36.7 Å². The largest absolute Gasteiger partial charge is 0.320 e. The van der Waals surface area contributed by atoms with E-state index in [-0.39, 0.29) is 0 Å². The maximum Gasteiger partial charge on any atom is 0.00767 e. The SMILES string of the molecule is CNCCCNCCNCCCC(C)(C)C. The summed E-state index contributed by atoms with van der Waals surface area (Å²) in [5, 5.41) is 10.0. The average molecular weight is 229 g/mol. The lowest BCUT2D eigenvalue weighted by atomic mass is 9.91. The predicted octanol–water partition coefficient (Wildman–Crippen LogP) is 1.60. The minimum atomic E-state index is 0.479. The molecule has 0 aromatic heterocycles. The van der Waals surface area contributed by atoms with Crippen LogP contribution in [0.5, 0.6) is 0 Å². The van der Waals surface area contributed by atoms with Gasteiger partial charge in [0.05, 0.1) is 0 Å². The van der Waals surface area contributed by atoms with Gasteiger partial charge in [-0.05, 0) is 51.4 Å². The Morgan fingerprint density at radius 1 is 0.750 bits per heavy atom. The normalized spacial score (nSPS) is 12.0. The molecule has 0 aliphatic heterocycles. The number of rotatable bonds is 10. The molecule has 16 heavy (non-hydrogen) atoms. The van der Waals surface area contributed by atoms with Crippen LogP contribution in [-0.4, -0.2) is 39.8 Å². The highest BCUT2D eigenvalue weighted by Crippen LogP contribution is 2.19. The van der Waals surface area contributed by atoms with Crippen molar-refractivity contribution in [2.75, 3.05) is 39.8 Å². The van der Waals surface area contributed by atoms with Crippen LogP contribution >= 0.6 is 0 Å². The minimum Gasteiger partial charge on any atom is -0.320 e. The summed E-state index contributed by atoms with van der Waals surface area (Å²) in [5.74, 6) is 0. The summed E-state index contributed by atoms with van der Waals surface area (Å²) < 4.78 is 0. The zero-order valence-corrected chi connectivity index (χ0v) is 11.7. The molecule has 0 saturated carbocycles. The third-order valence-electron chi connectivity index (χ3n) is 2.54. The molecule has 0 aromatic carbocycles. The Morgan fingerprint density at radius 2 is 1.31 bits per heavy atom. The van der Waals surface area contributed by atoms with Crippen LogP contribution in [0.25, 0.3) is 0 Å². The predicted molar refractivity (Wildman–Crippen MR) is 73.0 cm³/mol. The second-order valence-corrected chi connectivity index (χ2v) is 5.62. The lowest BCUT2D eigenvalue weighted by Gasteiger charge is -2.17. The molecular formula is C13H31N3. The van der Waals surface area contributed by atoms with Gasteiger partial charge in [0.1, 0.15) is 0 Å². The van der Waals surface area contributed by atoms with Crippen molar-refractivity contribution in [2.24, 2.45) is 5.41 Å². The van der Waals surface area contributed by atoms with Crippen molar-refractivity contribution in [3.8, 4) is 0 Å². The van der Waals surface area contributed by atoms with Crippen LogP contribution in [0.1, 0.15) is 40.0 Å². The summed E-state index contributed by atoms with van der Waals surface area (Å²) in [6.45, 7) is 12.4. The first-order valence-electron chi connectivity index (χ1n) is 6.62. The van der Waals surface area contributed by atoms with Gasteiger partial charge in [0.25, 0.3) is 0 Å². The van der Waals surface area contributed by atoms with Gasteiger partial charge in [0, 0.05) is 13.1 Å². The van der Waals surface area contributed by atoms with Crippen molar-refractivity contribution in [1.82, 2.24) is 16.0 Å². The molecule has 0 aliphatic carbocycles. The second kappa shape index (κ2) is 10.1. The summed E-state index contributed by atoms with van der Waals surface area (Å²) in [7, 11) is 2.00. The quantitative estimate of drug-likeness (QED) is 0.498. The molecule has 3 N–H and O–H groups in total. The van der Waals surface area contributed by atoms with E-state index in [1.165, 1.54) is 19.3 Å². The Kier molecular flexibility index (Phi) is 9.99. The standard InChI is InChI=1S/C13H31N3/c1-13(2,3)7-5-9-15-11-12-16-10-6-8-14-4/h14-16H,5-12H2,1-4H3. The zero-order valence-electron chi connectivity index (χ0n) is 11.7. The van der Waals surface area contributed by atoms with Crippen LogP contribution < -0.4 is 16.0 Å². The molecule has 0 rings (SSSR count). The van der Waals surface area contributed by atoms with E-state index >= 15 is 0 Å². The van der Waals surface area contributed by atoms with Gasteiger partial charge in [0.2, 0.25) is 0 Å². The van der Waals surface area contributed by atoms with E-state index in [0.717, 1.165) is 32.7 Å². The molecule has 0 aromatic rings. The summed E-state index contributed by atoms with van der Waals surface area (Å²) in [4.78, 5) is 0. The van der Waals surface area contributed by atoms with Crippen LogP contribution in [0.4, 0.5) is 0 Å². The van der Waals surface area contributed by atoms with Crippen LogP contribution in [0, 0.1) is 5.41 Å². The monoisotopic (exact) mass is 229 g/mol. The fourth-order valence-corrected chi connectivity index (χ4v) is 1.56. The molecule has 0 saturated heterocycles. The van der Waals surface area contributed by atoms with E-state index in [0.29, 0.717) is 5.41 Å². The van der Waals surface area contributed by atoms with Crippen LogP contribution in [0.15, 0.2) is 0 Å². The molecule has 0 fully saturated rings. The molecule has 0 spiro atoms. The Hall–Kier alpha value is -0.120. The highest BCUT2D eigenvalue weighted by atomic mass is 14.9. The molecule has 0 aliphatic rings. The van der Waals surface area contributed by atoms with Crippen molar-refractivity contribution in [3.05, 3.63) is 0 Å². The van der Waals surface area contributed by atoms with Gasteiger partial charge in [-0.25, -0.2) is 0 Å². The van der Waals surface area contributed by atoms with E-state index in [1.807, 2.05) is 7.05 Å². The van der Waals surface area contributed by atoms with Crippen molar-refractivity contribution < 1.29 is 0 Å². The fraction of sp³-hybridized carbons (Fsp3) is 1.00. The lowest BCUT2D eigenvalue weighted by Crippen LogP contribution is -2.29. The van der Waals surface area contributed by atoms with Crippen LogP contribution in [-0.2, 0) is 0 Å². The Balaban J connectivity index is 2.99. The van der Waals surface area contributed by atoms with Crippen molar-refractivity contribution in [3.63, 3.8) is 0 Å². The zero-order chi connectivity index (χ0) is 12.3. The first-order valence-corrected chi connectivity index (χ1v) is 6.62. The number of nitrogens with one attached hydrogen (secondary N) is 3. The molecule has 3 nitrogen and oxygen atoms in total.